The fourth-order valence-corrected chi connectivity index (χ4v) is 1.54. The number of hydrogen-bond acceptors (Lipinski definition) is 1. The zero-order chi connectivity index (χ0) is 10.2. The number of benzene rings is 1. The van der Waals surface area contributed by atoms with Crippen molar-refractivity contribution in [3.8, 4) is 0 Å². The van der Waals surface area contributed by atoms with E-state index in [0.29, 0.717) is 0 Å². The smallest absolute Gasteiger partial charge is 0.0157 e. The predicted molar refractivity (Wildman–Crippen MR) is 66.7 cm³/mol. The minimum Gasteiger partial charge on any atom is -0.130 e. The van der Waals surface area contributed by atoms with Crippen LogP contribution in [0.4, 0.5) is 0 Å². The van der Waals surface area contributed by atoms with E-state index in [9.17, 15) is 0 Å². The Hall–Kier alpha value is -0.950. The van der Waals surface area contributed by atoms with Gasteiger partial charge in [-0.25, -0.2) is 0 Å². The summed E-state index contributed by atoms with van der Waals surface area (Å²) in [5.41, 5.74) is 2.74. The number of aryl methyl sites for hydroxylation is 2. The van der Waals surface area contributed by atoms with Gasteiger partial charge in [-0.05, 0) is 30.4 Å². The number of thioether (sulfide) groups is 1. The summed E-state index contributed by atoms with van der Waals surface area (Å²) in [4.78, 5) is 0. The standard InChI is InChI=1S/C8H10.C5H6S/c1-7-5-3-4-6-8(7)2;1-2-4-6-5-3-1/h3-6H,1-2H3;1-4H,5H2. The molecule has 1 aromatic rings. The van der Waals surface area contributed by atoms with E-state index in [4.69, 9.17) is 0 Å². The van der Waals surface area contributed by atoms with E-state index < -0.39 is 0 Å². The maximum Gasteiger partial charge on any atom is 0.0157 e. The Morgan fingerprint density at radius 2 is 1.64 bits per heavy atom. The van der Waals surface area contributed by atoms with E-state index in [1.54, 1.807) is 0 Å². The van der Waals surface area contributed by atoms with Crippen molar-refractivity contribution in [3.63, 3.8) is 0 Å². The lowest BCUT2D eigenvalue weighted by Gasteiger charge is -1.93. The van der Waals surface area contributed by atoms with Gasteiger partial charge in [0.2, 0.25) is 0 Å². The Labute approximate surface area is 90.7 Å². The van der Waals surface area contributed by atoms with Crippen LogP contribution in [0.1, 0.15) is 11.1 Å². The highest BCUT2D eigenvalue weighted by molar-refractivity contribution is 8.02. The molecule has 0 N–H and O–H groups in total. The number of allylic oxidation sites excluding steroid dienone is 2. The molecule has 0 atom stereocenters. The van der Waals surface area contributed by atoms with Gasteiger partial charge in [-0.2, -0.15) is 0 Å². The van der Waals surface area contributed by atoms with Gasteiger partial charge in [-0.15, -0.1) is 11.8 Å². The van der Waals surface area contributed by atoms with Crippen molar-refractivity contribution < 1.29 is 0 Å². The summed E-state index contributed by atoms with van der Waals surface area (Å²) in [6.45, 7) is 4.24. The van der Waals surface area contributed by atoms with E-state index >= 15 is 0 Å². The quantitative estimate of drug-likeness (QED) is 0.613. The highest BCUT2D eigenvalue weighted by Gasteiger charge is 1.83. The van der Waals surface area contributed by atoms with Crippen molar-refractivity contribution in [2.75, 3.05) is 5.75 Å². The van der Waals surface area contributed by atoms with E-state index in [1.165, 1.54) is 11.1 Å². The normalized spacial score (nSPS) is 13.3. The highest BCUT2D eigenvalue weighted by atomic mass is 32.2. The molecule has 1 aliphatic heterocycles. The molecule has 1 aromatic carbocycles. The molecular weight excluding hydrogens is 188 g/mol. The minimum atomic E-state index is 1.15. The summed E-state index contributed by atoms with van der Waals surface area (Å²) in [5.74, 6) is 1.15. The van der Waals surface area contributed by atoms with Crippen LogP contribution in [-0.2, 0) is 0 Å². The first-order valence-electron chi connectivity index (χ1n) is 4.76. The zero-order valence-corrected chi connectivity index (χ0v) is 9.55. The van der Waals surface area contributed by atoms with Crippen molar-refractivity contribution in [1.82, 2.24) is 0 Å². The molecule has 0 nitrogen and oxygen atoms in total. The van der Waals surface area contributed by atoms with Crippen molar-refractivity contribution in [3.05, 3.63) is 59.0 Å². The monoisotopic (exact) mass is 204 g/mol. The van der Waals surface area contributed by atoms with Crippen LogP contribution in [0, 0.1) is 13.8 Å². The Morgan fingerprint density at radius 1 is 1.00 bits per heavy atom. The van der Waals surface area contributed by atoms with Crippen LogP contribution in [0.3, 0.4) is 0 Å². The summed E-state index contributed by atoms with van der Waals surface area (Å²) in [7, 11) is 0. The van der Waals surface area contributed by atoms with Gasteiger partial charge in [-0.3, -0.25) is 0 Å². The van der Waals surface area contributed by atoms with Gasteiger partial charge >= 0.3 is 0 Å². The molecule has 1 aliphatic rings. The maximum absolute atomic E-state index is 2.14. The molecule has 0 spiro atoms. The topological polar surface area (TPSA) is 0 Å². The van der Waals surface area contributed by atoms with E-state index in [-0.39, 0.29) is 0 Å². The third kappa shape index (κ3) is 4.33. The number of rotatable bonds is 0. The molecule has 0 saturated heterocycles. The van der Waals surface area contributed by atoms with Crippen molar-refractivity contribution >= 4 is 11.8 Å². The third-order valence-electron chi connectivity index (χ3n) is 2.04. The van der Waals surface area contributed by atoms with E-state index in [1.807, 2.05) is 17.8 Å². The molecule has 0 aliphatic carbocycles. The van der Waals surface area contributed by atoms with Gasteiger partial charge in [-0.1, -0.05) is 42.5 Å². The van der Waals surface area contributed by atoms with Crippen molar-refractivity contribution in [1.29, 1.82) is 0 Å². The van der Waals surface area contributed by atoms with E-state index in [0.717, 1.165) is 5.75 Å². The third-order valence-corrected chi connectivity index (χ3v) is 2.77. The summed E-state index contributed by atoms with van der Waals surface area (Å²) in [6, 6.07) is 8.36. The van der Waals surface area contributed by atoms with Gasteiger partial charge in [0.05, 0.1) is 0 Å². The van der Waals surface area contributed by atoms with Crippen LogP contribution < -0.4 is 0 Å². The molecule has 0 saturated carbocycles. The maximum atomic E-state index is 2.14. The second-order valence-electron chi connectivity index (χ2n) is 3.17. The van der Waals surface area contributed by atoms with Crippen molar-refractivity contribution in [2.24, 2.45) is 0 Å². The highest BCUT2D eigenvalue weighted by Crippen LogP contribution is 2.05. The second kappa shape index (κ2) is 6.50. The first kappa shape index (κ1) is 11.1. The molecule has 14 heavy (non-hydrogen) atoms. The number of hydrogen-bond donors (Lipinski definition) is 0. The summed E-state index contributed by atoms with van der Waals surface area (Å²) < 4.78 is 0. The molecule has 0 unspecified atom stereocenters. The lowest BCUT2D eigenvalue weighted by Crippen LogP contribution is -1.74. The largest absolute Gasteiger partial charge is 0.130 e. The Kier molecular flexibility index (Phi) is 5.16. The van der Waals surface area contributed by atoms with Crippen LogP contribution in [0.5, 0.6) is 0 Å². The second-order valence-corrected chi connectivity index (χ2v) is 4.11. The van der Waals surface area contributed by atoms with Crippen LogP contribution in [0.2, 0.25) is 0 Å². The van der Waals surface area contributed by atoms with Gasteiger partial charge in [0.25, 0.3) is 0 Å². The lowest BCUT2D eigenvalue weighted by atomic mass is 10.1. The van der Waals surface area contributed by atoms with Crippen LogP contribution >= 0.6 is 11.8 Å². The van der Waals surface area contributed by atoms with Gasteiger partial charge < -0.3 is 0 Å². The van der Waals surface area contributed by atoms with Crippen LogP contribution in [0.25, 0.3) is 0 Å². The predicted octanol–water partition coefficient (Wildman–Crippen LogP) is 4.11. The fourth-order valence-electron chi connectivity index (χ4n) is 1.01. The van der Waals surface area contributed by atoms with Gasteiger partial charge in [0, 0.05) is 5.75 Å². The lowest BCUT2D eigenvalue weighted by molar-refractivity contribution is 1.34. The summed E-state index contributed by atoms with van der Waals surface area (Å²) in [6.07, 6.45) is 6.26. The van der Waals surface area contributed by atoms with Gasteiger partial charge in [0.1, 0.15) is 0 Å². The molecule has 1 heteroatoms. The Balaban J connectivity index is 0.000000146. The average molecular weight is 204 g/mol. The summed E-state index contributed by atoms with van der Waals surface area (Å²) >= 11 is 1.83. The Morgan fingerprint density at radius 3 is 1.86 bits per heavy atom. The van der Waals surface area contributed by atoms with E-state index in [2.05, 4.69) is 55.7 Å². The molecular formula is C13H16S. The molecule has 0 bridgehead atoms. The molecule has 0 aromatic heterocycles. The molecule has 1 heterocycles. The zero-order valence-electron chi connectivity index (χ0n) is 8.73. The first-order valence-corrected chi connectivity index (χ1v) is 5.81. The SMILES string of the molecule is C1=CCSC=C1.Cc1ccccc1C. The Bertz CT molecular complexity index is 291. The minimum absolute atomic E-state index is 1.15. The molecule has 2 rings (SSSR count). The average Bonchev–Trinajstić information content (AvgIpc) is 2.26. The molecule has 0 radical (unpaired) electrons. The van der Waals surface area contributed by atoms with Crippen molar-refractivity contribution in [2.45, 2.75) is 13.8 Å². The van der Waals surface area contributed by atoms with Crippen LogP contribution in [0.15, 0.2) is 47.9 Å². The fraction of sp³-hybridized carbons (Fsp3) is 0.231. The molecule has 0 fully saturated rings. The molecule has 0 amide bonds. The van der Waals surface area contributed by atoms with Gasteiger partial charge in [0.15, 0.2) is 0 Å². The van der Waals surface area contributed by atoms with Crippen LogP contribution in [-0.4, -0.2) is 5.75 Å². The first-order chi connectivity index (χ1) is 6.80. The summed E-state index contributed by atoms with van der Waals surface area (Å²) in [5, 5.41) is 2.10. The molecule has 74 valence electrons.